The van der Waals surface area contributed by atoms with Crippen LogP contribution in [0.4, 0.5) is 0 Å². The average Bonchev–Trinajstić information content (AvgIpc) is 1.45. The molecule has 0 aromatic rings. The van der Waals surface area contributed by atoms with E-state index >= 15 is 0 Å². The Morgan fingerprint density at radius 2 is 0.622 bits per heavy atom. The minimum absolute atomic E-state index is 0.0137. The minimum atomic E-state index is -1.93. The number of aliphatic hydroxyl groups is 27. The molecule has 16 aliphatic rings. The first-order chi connectivity index (χ1) is 68.0. The molecule has 0 radical (unpaired) electrons. The van der Waals surface area contributed by atoms with Crippen molar-refractivity contribution in [1.82, 2.24) is 0 Å². The van der Waals surface area contributed by atoms with Crippen LogP contribution in [0.2, 0.25) is 0 Å². The van der Waals surface area contributed by atoms with Gasteiger partial charge in [0.2, 0.25) is 0 Å². The number of hydrogen-bond donors (Lipinski definition) is 27. The normalized spacial score (nSPS) is 53.2. The molecule has 11 saturated carbocycles. The van der Waals surface area contributed by atoms with Gasteiger partial charge in [0.1, 0.15) is 146 Å². The summed E-state index contributed by atoms with van der Waals surface area (Å²) in [6.45, 7) is 10.9. The van der Waals surface area contributed by atoms with E-state index in [0.29, 0.717) is 98.2 Å². The fourth-order valence-corrected chi connectivity index (χ4v) is 32.4. The first-order valence-electron chi connectivity index (χ1n) is 54.3. The highest BCUT2D eigenvalue weighted by Gasteiger charge is 2.66. The summed E-state index contributed by atoms with van der Waals surface area (Å²) in [7, 11) is 0. The van der Waals surface area contributed by atoms with Gasteiger partial charge in [0.15, 0.2) is 31.5 Å². The molecule has 5 heterocycles. The fourth-order valence-electron chi connectivity index (χ4n) is 32.4. The van der Waals surface area contributed by atoms with E-state index in [2.05, 4.69) is 41.5 Å². The molecular formula is C103H176O40. The third-order valence-electron chi connectivity index (χ3n) is 41.1. The molecule has 0 aromatic carbocycles. The third-order valence-corrected chi connectivity index (χ3v) is 41.1. The second-order valence-electron chi connectivity index (χ2n) is 48.6. The van der Waals surface area contributed by atoms with Crippen LogP contribution in [0.5, 0.6) is 0 Å². The minimum Gasteiger partial charge on any atom is -0.396 e. The smallest absolute Gasteiger partial charge is 0.187 e. The van der Waals surface area contributed by atoms with Crippen LogP contribution in [0.3, 0.4) is 0 Å². The molecule has 828 valence electrons. The SMILES string of the molecule is CC(CCCC(CCCC(C)C1CCC2C3CCC4CC(O[C@@H]5CC(CO)[C@@H](O[C@H]6CC(CO)[C@@H](O)[C@H](O)C6O)[C@H](O)C5C)CCC4(C)C3CCC12C)(CO[C@@H]1OC(CO)[C@@H](O[C@H]2CC(CO)[C@@H](O)[C@H](O)C2O)[C@H](O)C1O)CO[C@H]1OC(CO)[C@H](O[C@@H]2OC(CO)[C@H](O)C(O)[C@H]2O)C(O)[C@H]1O)C1CCC2C3CCC4CC(O[C@H]5OC(CO)[C@H](O[C@@H]6OC(CO)[C@H](O)C(O)[C@H]6O)C(O)[C@H]5O)CCC4(C)C3CCC12C. The maximum atomic E-state index is 12.3. The number of fused-ring (bicyclic) bond motifs is 10. The molecule has 16 fully saturated rings. The number of aliphatic hydroxyl groups excluding tert-OH is 27. The van der Waals surface area contributed by atoms with Crippen LogP contribution in [-0.4, -0.2) is 437 Å². The molecule has 0 aromatic heterocycles. The Bertz CT molecular complexity index is 3700. The zero-order valence-electron chi connectivity index (χ0n) is 84.2. The second kappa shape index (κ2) is 47.2. The van der Waals surface area contributed by atoms with Crippen molar-refractivity contribution in [3.63, 3.8) is 0 Å². The highest BCUT2D eigenvalue weighted by Crippen LogP contribution is 2.71. The summed E-state index contributed by atoms with van der Waals surface area (Å²) in [5.74, 6) is 1.89. The monoisotopic (exact) mass is 2050 g/mol. The van der Waals surface area contributed by atoms with E-state index in [0.717, 1.165) is 116 Å². The van der Waals surface area contributed by atoms with Crippen LogP contribution in [0.15, 0.2) is 0 Å². The zero-order valence-corrected chi connectivity index (χ0v) is 84.2. The Labute approximate surface area is 838 Å². The van der Waals surface area contributed by atoms with Crippen LogP contribution in [-0.2, 0) is 61.6 Å². The quantitative estimate of drug-likeness (QED) is 0.0288. The van der Waals surface area contributed by atoms with Gasteiger partial charge in [0, 0.05) is 48.9 Å². The summed E-state index contributed by atoms with van der Waals surface area (Å²) in [4.78, 5) is 0. The molecule has 5 saturated heterocycles. The molecule has 35 unspecified atom stereocenters. The lowest BCUT2D eigenvalue weighted by Gasteiger charge is -2.61. The Balaban J connectivity index is 0.611. The van der Waals surface area contributed by atoms with Crippen molar-refractivity contribution >= 4 is 0 Å². The van der Waals surface area contributed by atoms with Gasteiger partial charge in [-0.3, -0.25) is 0 Å². The van der Waals surface area contributed by atoms with Crippen molar-refractivity contribution in [2.24, 2.45) is 122 Å². The van der Waals surface area contributed by atoms with Gasteiger partial charge in [-0.05, 0) is 240 Å². The Morgan fingerprint density at radius 3 is 1.03 bits per heavy atom. The summed E-state index contributed by atoms with van der Waals surface area (Å²) >= 11 is 0. The highest BCUT2D eigenvalue weighted by atomic mass is 16.8. The number of ether oxygens (including phenoxy) is 13. The maximum absolute atomic E-state index is 12.3. The predicted molar refractivity (Wildman–Crippen MR) is 499 cm³/mol. The molecule has 0 amide bonds. The second-order valence-corrected chi connectivity index (χ2v) is 48.6. The molecule has 143 heavy (non-hydrogen) atoms. The molecule has 40 nitrogen and oxygen atoms in total. The molecule has 40 heteroatoms. The van der Waals surface area contributed by atoms with Crippen molar-refractivity contribution < 1.29 is 199 Å². The van der Waals surface area contributed by atoms with E-state index in [-0.39, 0.29) is 90.4 Å². The van der Waals surface area contributed by atoms with Crippen LogP contribution in [0, 0.1) is 122 Å². The van der Waals surface area contributed by atoms with Gasteiger partial charge in [-0.1, -0.05) is 74.1 Å². The molecule has 16 rings (SSSR count). The van der Waals surface area contributed by atoms with Gasteiger partial charge in [0.25, 0.3) is 0 Å². The standard InChI is InChI=1S/C103H176O40/c1-45(57-16-18-59-55-14-12-51-33-53(20-26-99(51,4)61(55)22-28-101(57,59)6)133-63-32-50(37-106)90(71(112)47(63)3)135-64-30-48(35-104)72(113)78(119)74(64)115)10-8-24-103(43-131-94-87(128)82(123)91(68(40-109)139-94)136-65-31-49(36-105)73(114)79(120)75(65)116,44-132-95-88(129)83(124)92(69(41-110)140-95)142-97-85(126)80(121)76(117)66(38-107)137-97)25-9-11-46(2)58-17-19-60-56-15-13-52-34-54(21-27-100(52,5)62(56)23-29-102(58,60)7)134-96-89(130)84(125)93(70(42-111)141-96)143-98-86(127)81(122)77(118)67(39-108)138-98/h45-98,104-130H,8-44H2,1-7H3/t45?,46?,47?,48?,49?,50?,51?,52?,53?,54?,55?,56?,57?,58?,59?,60?,61?,62?,63-,64+,65+,66?,67?,68?,69?,70?,71-,72-,73-,74?,75?,76+,77+,78+,79+,80?,81?,82-,83?,84?,85-,86-,87?,88-,89-,90-,91-,92+,93+,94-,95+,96+,97+,98+,99?,100?,101?,102?,103?/m1/s1. The highest BCUT2D eigenvalue weighted by molar-refractivity contribution is 5.14. The first-order valence-corrected chi connectivity index (χ1v) is 54.3. The van der Waals surface area contributed by atoms with Gasteiger partial charge in [-0.2, -0.15) is 0 Å². The molecule has 11 aliphatic carbocycles. The molecule has 0 bridgehead atoms. The van der Waals surface area contributed by atoms with Gasteiger partial charge >= 0.3 is 0 Å². The summed E-state index contributed by atoms with van der Waals surface area (Å²) in [5, 5.41) is 297. The molecule has 27 N–H and O–H groups in total. The lowest BCUT2D eigenvalue weighted by Crippen LogP contribution is -2.65. The lowest BCUT2D eigenvalue weighted by atomic mass is 9.44. The van der Waals surface area contributed by atoms with Gasteiger partial charge in [-0.15, -0.1) is 0 Å². The summed E-state index contributed by atoms with van der Waals surface area (Å²) in [6.07, 6.45) is -34.8. The summed E-state index contributed by atoms with van der Waals surface area (Å²) in [5.41, 5.74) is -1.09. The van der Waals surface area contributed by atoms with Crippen LogP contribution >= 0.6 is 0 Å². The molecular weight excluding hydrogens is 1880 g/mol. The third kappa shape index (κ3) is 22.2. The van der Waals surface area contributed by atoms with Gasteiger partial charge in [-0.25, -0.2) is 0 Å². The fraction of sp³-hybridized carbons (Fsp3) is 1.00. The predicted octanol–water partition coefficient (Wildman–Crippen LogP) is -2.53. The van der Waals surface area contributed by atoms with E-state index in [4.69, 9.17) is 61.6 Å². The lowest BCUT2D eigenvalue weighted by molar-refractivity contribution is -0.364. The van der Waals surface area contributed by atoms with E-state index in [1.54, 1.807) is 0 Å². The van der Waals surface area contributed by atoms with Crippen molar-refractivity contribution in [3.05, 3.63) is 0 Å². The first kappa shape index (κ1) is 114. The number of rotatable bonds is 36. The van der Waals surface area contributed by atoms with Crippen molar-refractivity contribution in [1.29, 1.82) is 0 Å². The van der Waals surface area contributed by atoms with Crippen molar-refractivity contribution in [2.45, 2.75) is 455 Å². The number of hydrogen-bond acceptors (Lipinski definition) is 40. The van der Waals surface area contributed by atoms with Crippen LogP contribution < -0.4 is 0 Å². The van der Waals surface area contributed by atoms with E-state index in [1.165, 1.54) is 0 Å². The van der Waals surface area contributed by atoms with Gasteiger partial charge in [0.05, 0.1) is 101 Å². The van der Waals surface area contributed by atoms with E-state index in [1.807, 2.05) is 6.92 Å². The van der Waals surface area contributed by atoms with E-state index < -0.39 is 290 Å². The zero-order chi connectivity index (χ0) is 103. The summed E-state index contributed by atoms with van der Waals surface area (Å²) in [6, 6.07) is 0. The van der Waals surface area contributed by atoms with Crippen molar-refractivity contribution in [2.75, 3.05) is 66.1 Å². The van der Waals surface area contributed by atoms with Crippen LogP contribution in [0.25, 0.3) is 0 Å². The average molecular weight is 2050 g/mol. The summed E-state index contributed by atoms with van der Waals surface area (Å²) < 4.78 is 81.8. The molecule has 0 spiro atoms. The molecule has 5 aliphatic heterocycles. The topological polar surface area (TPSA) is 666 Å². The van der Waals surface area contributed by atoms with Gasteiger partial charge < -0.3 is 199 Å². The van der Waals surface area contributed by atoms with E-state index in [9.17, 15) is 138 Å². The largest absolute Gasteiger partial charge is 0.396 e. The Morgan fingerprint density at radius 1 is 0.287 bits per heavy atom. The Kier molecular flexibility index (Phi) is 37.6. The Hall–Kier alpha value is -1.60. The maximum Gasteiger partial charge on any atom is 0.187 e. The molecule has 59 atom stereocenters. The van der Waals surface area contributed by atoms with Crippen LogP contribution in [0.1, 0.15) is 222 Å². The van der Waals surface area contributed by atoms with Crippen molar-refractivity contribution in [3.8, 4) is 0 Å².